The highest BCUT2D eigenvalue weighted by Gasteiger charge is 2.62. The molecule has 0 saturated heterocycles. The van der Waals surface area contributed by atoms with Crippen molar-refractivity contribution >= 4 is 11.4 Å². The highest BCUT2D eigenvalue weighted by atomic mass is 16.7. The summed E-state index contributed by atoms with van der Waals surface area (Å²) >= 11 is 0. The summed E-state index contributed by atoms with van der Waals surface area (Å²) in [7, 11) is 0. The lowest BCUT2D eigenvalue weighted by Crippen LogP contribution is -2.42. The van der Waals surface area contributed by atoms with E-state index in [2.05, 4.69) is 90.1 Å². The average Bonchev–Trinajstić information content (AvgIpc) is 3.60. The number of allylic oxidation sites excluding steroid dienone is 1. The minimum absolute atomic E-state index is 0.0471. The number of nitrogens with zero attached hydrogens (tertiary/aromatic N) is 2. The van der Waals surface area contributed by atoms with Crippen LogP contribution in [0.3, 0.4) is 0 Å². The second-order valence-electron chi connectivity index (χ2n) is 15.9. The van der Waals surface area contributed by atoms with Crippen molar-refractivity contribution in [1.29, 1.82) is 0 Å². The van der Waals surface area contributed by atoms with Crippen LogP contribution in [0.15, 0.2) is 70.0 Å². The highest BCUT2D eigenvalue weighted by molar-refractivity contribution is 6.11. The topological polar surface area (TPSA) is 43.2 Å². The van der Waals surface area contributed by atoms with E-state index in [0.29, 0.717) is 11.8 Å². The second-order valence-corrected chi connectivity index (χ2v) is 15.9. The Balaban J connectivity index is 1.21. The standard InChI is InChI=1S/C37H44N2O2/c1-36(2,3)26-11-7-22(8-12-26)32-29-30-33(23-9-13-27(14-10-23)37(4,5)6)39-41-35(30)31(34(29)40-38-32)28-24-16-20-15-21(18-24)19-25(28)17-20/h7-14,20-21,24-25,29-30,34-35H,15-19H2,1-6H3/t20?,21?,24?,25?,29-,30-,34+,35+/m1/s1. The molecule has 4 nitrogen and oxygen atoms in total. The summed E-state index contributed by atoms with van der Waals surface area (Å²) in [5, 5.41) is 9.70. The van der Waals surface area contributed by atoms with Crippen molar-refractivity contribution in [1.82, 2.24) is 0 Å². The first-order valence-corrected chi connectivity index (χ1v) is 16.0. The van der Waals surface area contributed by atoms with Crippen LogP contribution in [0.2, 0.25) is 0 Å². The summed E-state index contributed by atoms with van der Waals surface area (Å²) in [6.07, 6.45) is 6.77. The van der Waals surface area contributed by atoms with Crippen molar-refractivity contribution in [3.63, 3.8) is 0 Å². The van der Waals surface area contributed by atoms with Gasteiger partial charge in [-0.1, -0.05) is 106 Å². The minimum Gasteiger partial charge on any atom is -0.387 e. The van der Waals surface area contributed by atoms with Crippen LogP contribution >= 0.6 is 0 Å². The van der Waals surface area contributed by atoms with Gasteiger partial charge in [0.2, 0.25) is 0 Å². The number of hydrogen-bond donors (Lipinski definition) is 0. The molecule has 5 aliphatic carbocycles. The van der Waals surface area contributed by atoms with Gasteiger partial charge in [-0.05, 0) is 88.9 Å². The first kappa shape index (κ1) is 25.8. The molecule has 5 fully saturated rings. The molecule has 41 heavy (non-hydrogen) atoms. The van der Waals surface area contributed by atoms with E-state index in [9.17, 15) is 0 Å². The van der Waals surface area contributed by atoms with Crippen molar-refractivity contribution in [2.75, 3.05) is 0 Å². The van der Waals surface area contributed by atoms with Gasteiger partial charge in [0.1, 0.15) is 0 Å². The first-order chi connectivity index (χ1) is 19.6. The molecule has 2 heterocycles. The zero-order chi connectivity index (χ0) is 28.3. The Morgan fingerprint density at radius 1 is 0.537 bits per heavy atom. The zero-order valence-corrected chi connectivity index (χ0v) is 25.5. The Morgan fingerprint density at radius 2 is 0.927 bits per heavy atom. The third-order valence-electron chi connectivity index (χ3n) is 11.3. The highest BCUT2D eigenvalue weighted by Crippen LogP contribution is 2.61. The van der Waals surface area contributed by atoms with Crippen LogP contribution in [0.25, 0.3) is 0 Å². The fourth-order valence-electron chi connectivity index (χ4n) is 9.41. The molecule has 2 aliphatic heterocycles. The maximum absolute atomic E-state index is 6.49. The SMILES string of the molecule is CC(C)(C)c1ccc(C2=NO[C@@H]3C(=C4C5CC6CC(C5)CC4C6)[C@H]4ON=C(c5ccc(C(C)(C)C)cc5)[C@H]4[C@H]23)cc1. The second kappa shape index (κ2) is 8.82. The molecule has 0 radical (unpaired) electrons. The minimum atomic E-state index is -0.0471. The van der Waals surface area contributed by atoms with Crippen molar-refractivity contribution in [3.8, 4) is 0 Å². The summed E-state index contributed by atoms with van der Waals surface area (Å²) in [5.74, 6) is 3.46. The van der Waals surface area contributed by atoms with Gasteiger partial charge < -0.3 is 9.68 Å². The van der Waals surface area contributed by atoms with E-state index in [1.54, 1.807) is 5.57 Å². The number of benzene rings is 2. The van der Waals surface area contributed by atoms with Gasteiger partial charge in [-0.3, -0.25) is 0 Å². The lowest BCUT2D eigenvalue weighted by Gasteiger charge is -2.52. The third kappa shape index (κ3) is 3.99. The van der Waals surface area contributed by atoms with Crippen molar-refractivity contribution < 1.29 is 9.68 Å². The summed E-state index contributed by atoms with van der Waals surface area (Å²) < 4.78 is 0. The molecule has 9 rings (SSSR count). The van der Waals surface area contributed by atoms with Crippen LogP contribution in [0.4, 0.5) is 0 Å². The van der Waals surface area contributed by atoms with Crippen LogP contribution in [-0.2, 0) is 20.5 Å². The number of rotatable bonds is 2. The molecule has 4 atom stereocenters. The molecule has 214 valence electrons. The lowest BCUT2D eigenvalue weighted by atomic mass is 9.53. The Morgan fingerprint density at radius 3 is 1.29 bits per heavy atom. The maximum Gasteiger partial charge on any atom is 0.161 e. The Kier molecular flexibility index (Phi) is 5.55. The van der Waals surface area contributed by atoms with E-state index in [1.807, 2.05) is 0 Å². The van der Waals surface area contributed by atoms with Gasteiger partial charge in [-0.25, -0.2) is 0 Å². The smallest absolute Gasteiger partial charge is 0.161 e. The zero-order valence-electron chi connectivity index (χ0n) is 25.5. The molecular formula is C37H44N2O2. The maximum atomic E-state index is 6.49. The van der Waals surface area contributed by atoms with Crippen LogP contribution in [0, 0.1) is 35.5 Å². The van der Waals surface area contributed by atoms with E-state index in [4.69, 9.17) is 20.0 Å². The van der Waals surface area contributed by atoms with Crippen LogP contribution in [0.5, 0.6) is 0 Å². The largest absolute Gasteiger partial charge is 0.387 e. The third-order valence-corrected chi connectivity index (χ3v) is 11.3. The molecule has 0 spiro atoms. The summed E-state index contributed by atoms with van der Waals surface area (Å²) in [5.41, 5.74) is 10.4. The van der Waals surface area contributed by atoms with Gasteiger partial charge in [-0.2, -0.15) is 0 Å². The van der Waals surface area contributed by atoms with Gasteiger partial charge in [0, 0.05) is 5.57 Å². The van der Waals surface area contributed by atoms with Crippen LogP contribution in [0.1, 0.15) is 95.9 Å². The van der Waals surface area contributed by atoms with Crippen LogP contribution in [-0.4, -0.2) is 23.6 Å². The molecule has 5 saturated carbocycles. The normalized spacial score (nSPS) is 35.2. The lowest BCUT2D eigenvalue weighted by molar-refractivity contribution is 0.0481. The quantitative estimate of drug-likeness (QED) is 0.355. The molecular weight excluding hydrogens is 504 g/mol. The molecule has 2 aromatic carbocycles. The van der Waals surface area contributed by atoms with Gasteiger partial charge in [0.15, 0.2) is 12.2 Å². The molecule has 0 amide bonds. The summed E-state index contributed by atoms with van der Waals surface area (Å²) in [4.78, 5) is 13.0. The number of hydrogen-bond acceptors (Lipinski definition) is 4. The van der Waals surface area contributed by atoms with Crippen molar-refractivity contribution in [2.45, 2.75) is 96.7 Å². The number of oxime groups is 2. The molecule has 2 aromatic rings. The Bertz CT molecular complexity index is 1350. The summed E-state index contributed by atoms with van der Waals surface area (Å²) in [6, 6.07) is 18.1. The van der Waals surface area contributed by atoms with Crippen molar-refractivity contribution in [3.05, 3.63) is 81.9 Å². The molecule has 0 N–H and O–H groups in total. The molecule has 4 bridgehead atoms. The van der Waals surface area contributed by atoms with Gasteiger partial charge >= 0.3 is 0 Å². The molecule has 4 heteroatoms. The van der Waals surface area contributed by atoms with E-state index >= 15 is 0 Å². The fourth-order valence-corrected chi connectivity index (χ4v) is 9.41. The van der Waals surface area contributed by atoms with E-state index in [0.717, 1.165) is 34.4 Å². The van der Waals surface area contributed by atoms with Crippen molar-refractivity contribution in [2.24, 2.45) is 45.8 Å². The fraction of sp³-hybridized carbons (Fsp3) is 0.568. The Hall–Kier alpha value is -2.88. The van der Waals surface area contributed by atoms with E-state index in [-0.39, 0.29) is 34.9 Å². The average molecular weight is 549 g/mol. The van der Waals surface area contributed by atoms with Crippen LogP contribution < -0.4 is 0 Å². The predicted molar refractivity (Wildman–Crippen MR) is 164 cm³/mol. The number of fused-ring (bicyclic) bond motifs is 3. The molecule has 0 aromatic heterocycles. The summed E-state index contributed by atoms with van der Waals surface area (Å²) in [6.45, 7) is 13.6. The van der Waals surface area contributed by atoms with E-state index in [1.165, 1.54) is 48.8 Å². The van der Waals surface area contributed by atoms with Gasteiger partial charge in [-0.15, -0.1) is 0 Å². The monoisotopic (exact) mass is 548 g/mol. The van der Waals surface area contributed by atoms with Gasteiger partial charge in [0.25, 0.3) is 0 Å². The predicted octanol–water partition coefficient (Wildman–Crippen LogP) is 8.19. The first-order valence-electron chi connectivity index (χ1n) is 16.0. The molecule has 0 unspecified atom stereocenters. The molecule has 7 aliphatic rings. The van der Waals surface area contributed by atoms with Gasteiger partial charge in [0.05, 0.1) is 23.3 Å². The Labute approximate surface area is 245 Å². The van der Waals surface area contributed by atoms with E-state index < -0.39 is 0 Å².